The molecule has 0 bridgehead atoms. The molecular weight excluding hydrogens is 913 g/mol. The number of fused-ring (bicyclic) bond motifs is 10. The Balaban J connectivity index is 0.000000149. The zero-order valence-electron chi connectivity index (χ0n) is 36.5. The minimum Gasteiger partial charge on any atom is -0.425 e. The molecule has 10 nitrogen and oxygen atoms in total. The van der Waals surface area contributed by atoms with Gasteiger partial charge in [-0.2, -0.15) is 9.97 Å². The summed E-state index contributed by atoms with van der Waals surface area (Å²) >= 11 is 3.30. The maximum Gasteiger partial charge on any atom is 0.310 e. The number of halogens is 4. The van der Waals surface area contributed by atoms with Gasteiger partial charge in [0, 0.05) is 56.9 Å². The van der Waals surface area contributed by atoms with Crippen LogP contribution in [0.25, 0.3) is 53.6 Å². The van der Waals surface area contributed by atoms with Crippen molar-refractivity contribution < 1.29 is 27.0 Å². The summed E-state index contributed by atoms with van der Waals surface area (Å²) in [5, 5.41) is 2.60. The Bertz CT molecular complexity index is 3490. The van der Waals surface area contributed by atoms with Crippen LogP contribution >= 0.6 is 22.7 Å². The van der Waals surface area contributed by atoms with E-state index < -0.39 is 23.3 Å². The predicted molar refractivity (Wildman–Crippen MR) is 257 cm³/mol. The lowest BCUT2D eigenvalue weighted by atomic mass is 9.96. The molecule has 0 saturated heterocycles. The van der Waals surface area contributed by atoms with Crippen LogP contribution in [0.15, 0.2) is 107 Å². The largest absolute Gasteiger partial charge is 0.425 e. The van der Waals surface area contributed by atoms with Gasteiger partial charge < -0.3 is 9.47 Å². The summed E-state index contributed by atoms with van der Waals surface area (Å²) in [6.45, 7) is 3.61. The topological polar surface area (TPSA) is 114 Å². The molecule has 0 aliphatic heterocycles. The Morgan fingerprint density at radius 3 is 1.24 bits per heavy atom. The molecule has 0 radical (unpaired) electrons. The molecule has 0 amide bonds. The number of rotatable bonds is 6. The van der Waals surface area contributed by atoms with Crippen LogP contribution in [0.2, 0.25) is 0 Å². The fourth-order valence-electron chi connectivity index (χ4n) is 9.31. The molecule has 0 saturated carbocycles. The number of hydrogen-bond acceptors (Lipinski definition) is 10. The summed E-state index contributed by atoms with van der Waals surface area (Å²) in [6.07, 6.45) is 8.19. The Morgan fingerprint density at radius 2 is 0.853 bits per heavy atom. The number of aryl methyl sites for hydroxylation is 6. The Morgan fingerprint density at radius 1 is 0.485 bits per heavy atom. The molecule has 2 aliphatic carbocycles. The fraction of sp³-hybridized carbons (Fsp3) is 0.192. The molecule has 0 N–H and O–H groups in total. The van der Waals surface area contributed by atoms with Gasteiger partial charge in [0.1, 0.15) is 44.4 Å². The molecule has 12 rings (SSSR count). The van der Waals surface area contributed by atoms with Crippen molar-refractivity contribution in [3.05, 3.63) is 173 Å². The van der Waals surface area contributed by atoms with Crippen LogP contribution in [-0.2, 0) is 25.7 Å². The molecule has 0 spiro atoms. The molecule has 6 heterocycles. The lowest BCUT2D eigenvalue weighted by Gasteiger charge is -2.16. The summed E-state index contributed by atoms with van der Waals surface area (Å²) in [4.78, 5) is 51.2. The summed E-state index contributed by atoms with van der Waals surface area (Å²) in [5.41, 5.74) is 4.97. The van der Waals surface area contributed by atoms with Crippen molar-refractivity contribution in [1.82, 2.24) is 29.1 Å². The molecule has 2 aliphatic rings. The number of benzene rings is 4. The highest BCUT2D eigenvalue weighted by molar-refractivity contribution is 7.19. The van der Waals surface area contributed by atoms with Crippen LogP contribution in [0.1, 0.15) is 58.0 Å². The number of para-hydroxylation sites is 2. The Labute approximate surface area is 392 Å². The minimum atomic E-state index is -0.779. The van der Waals surface area contributed by atoms with Gasteiger partial charge in [-0.15, -0.1) is 22.7 Å². The average molecular weight is 951 g/mol. The van der Waals surface area contributed by atoms with Gasteiger partial charge in [-0.3, -0.25) is 9.59 Å². The second-order valence-electron chi connectivity index (χ2n) is 16.8. The van der Waals surface area contributed by atoms with Gasteiger partial charge in [0.2, 0.25) is 0 Å². The molecule has 6 aromatic heterocycles. The number of nitrogens with zero attached hydrogens (tertiary/aromatic N) is 6. The first-order valence-electron chi connectivity index (χ1n) is 22.1. The Kier molecular flexibility index (Phi) is 11.1. The standard InChI is InChI=1S/2C26H19F2N3O2S/c2*1-14-21-23(22-19-9-5-6-10-20(19)34-24(22)29-14)30-26(33-18-12-15(27)11-16(28)13-18)31(25(21)32)17-7-3-2-4-8-17/h2*2-4,7-8,11-13H,5-6,9-10H2,1H3. The van der Waals surface area contributed by atoms with Gasteiger partial charge in [0.15, 0.2) is 0 Å². The lowest BCUT2D eigenvalue weighted by molar-refractivity contribution is 0.419. The van der Waals surface area contributed by atoms with E-state index in [0.29, 0.717) is 44.6 Å². The van der Waals surface area contributed by atoms with Crippen LogP contribution in [0, 0.1) is 37.1 Å². The van der Waals surface area contributed by atoms with E-state index in [9.17, 15) is 27.2 Å². The molecule has 4 aromatic carbocycles. The fourth-order valence-corrected chi connectivity index (χ4v) is 11.9. The van der Waals surface area contributed by atoms with Crippen LogP contribution in [0.3, 0.4) is 0 Å². The van der Waals surface area contributed by atoms with Gasteiger partial charge >= 0.3 is 12.0 Å². The number of hydrogen-bond donors (Lipinski definition) is 0. The molecule has 0 fully saturated rings. The van der Waals surface area contributed by atoms with Gasteiger partial charge in [-0.25, -0.2) is 36.7 Å². The number of pyridine rings is 2. The van der Waals surface area contributed by atoms with Gasteiger partial charge in [-0.05, 0) is 101 Å². The highest BCUT2D eigenvalue weighted by Gasteiger charge is 2.27. The number of ether oxygens (including phenoxy) is 2. The molecule has 0 atom stereocenters. The summed E-state index contributed by atoms with van der Waals surface area (Å²) in [6, 6.07) is 23.5. The molecule has 10 aromatic rings. The van der Waals surface area contributed by atoms with Crippen molar-refractivity contribution in [2.45, 2.75) is 65.2 Å². The molecule has 340 valence electrons. The van der Waals surface area contributed by atoms with E-state index in [1.807, 2.05) is 12.1 Å². The van der Waals surface area contributed by atoms with E-state index in [1.165, 1.54) is 30.0 Å². The van der Waals surface area contributed by atoms with Crippen molar-refractivity contribution in [3.63, 3.8) is 0 Å². The minimum absolute atomic E-state index is 0.0589. The van der Waals surface area contributed by atoms with Crippen molar-refractivity contribution >= 4 is 64.9 Å². The third-order valence-electron chi connectivity index (χ3n) is 12.3. The maximum absolute atomic E-state index is 13.9. The highest BCUT2D eigenvalue weighted by atomic mass is 32.1. The van der Waals surface area contributed by atoms with E-state index in [0.717, 1.165) is 108 Å². The van der Waals surface area contributed by atoms with Crippen molar-refractivity contribution in [2.75, 3.05) is 0 Å². The van der Waals surface area contributed by atoms with Crippen molar-refractivity contribution in [1.29, 1.82) is 0 Å². The zero-order chi connectivity index (χ0) is 46.8. The van der Waals surface area contributed by atoms with E-state index >= 15 is 0 Å². The van der Waals surface area contributed by atoms with Crippen LogP contribution in [-0.4, -0.2) is 29.1 Å². The quantitative estimate of drug-likeness (QED) is 0.151. The first-order valence-corrected chi connectivity index (χ1v) is 23.8. The normalized spacial score (nSPS) is 13.4. The first kappa shape index (κ1) is 43.3. The summed E-state index contributed by atoms with van der Waals surface area (Å²) < 4.78 is 69.9. The molecular formula is C52H38F4N6O4S2. The predicted octanol–water partition coefficient (Wildman–Crippen LogP) is 12.5. The smallest absolute Gasteiger partial charge is 0.310 e. The zero-order valence-corrected chi connectivity index (χ0v) is 38.2. The van der Waals surface area contributed by atoms with E-state index in [2.05, 4.69) is 0 Å². The molecule has 68 heavy (non-hydrogen) atoms. The van der Waals surface area contributed by atoms with Gasteiger partial charge in [-0.1, -0.05) is 36.4 Å². The molecule has 16 heteroatoms. The van der Waals surface area contributed by atoms with Crippen LogP contribution < -0.4 is 20.6 Å². The summed E-state index contributed by atoms with van der Waals surface area (Å²) in [7, 11) is 0. The SMILES string of the molecule is Cc1nc2sc3c(c2c2nc(Oc4cc(F)cc(F)c4)n(-c4ccccc4)c(=O)c12)CCCC3.Cc1nc2sc3c(c2c2nc(Oc4cc(F)cc(F)c4)n(-c4ccccc4)c(=O)c12)CCCC3. The third-order valence-corrected chi connectivity index (χ3v) is 14.6. The lowest BCUT2D eigenvalue weighted by Crippen LogP contribution is -2.22. The number of thiophene rings is 2. The van der Waals surface area contributed by atoms with Crippen molar-refractivity contribution in [2.24, 2.45) is 0 Å². The average Bonchev–Trinajstić information content (AvgIpc) is 3.87. The summed E-state index contributed by atoms with van der Waals surface area (Å²) in [5.74, 6) is -3.28. The van der Waals surface area contributed by atoms with E-state index in [-0.39, 0.29) is 34.6 Å². The highest BCUT2D eigenvalue weighted by Crippen LogP contribution is 2.41. The van der Waals surface area contributed by atoms with Gasteiger partial charge in [0.25, 0.3) is 11.1 Å². The number of aromatic nitrogens is 6. The molecule has 0 unspecified atom stereocenters. The second-order valence-corrected chi connectivity index (χ2v) is 18.9. The van der Waals surface area contributed by atoms with E-state index in [1.54, 1.807) is 85.1 Å². The van der Waals surface area contributed by atoms with E-state index in [4.69, 9.17) is 29.4 Å². The van der Waals surface area contributed by atoms with Crippen molar-refractivity contribution in [3.8, 4) is 34.9 Å². The van der Waals surface area contributed by atoms with Crippen LogP contribution in [0.5, 0.6) is 23.5 Å². The monoisotopic (exact) mass is 950 g/mol. The second kappa shape index (κ2) is 17.4. The third kappa shape index (κ3) is 7.76. The van der Waals surface area contributed by atoms with Crippen LogP contribution in [0.4, 0.5) is 17.6 Å². The van der Waals surface area contributed by atoms with Gasteiger partial charge in [0.05, 0.1) is 44.6 Å². The Hall–Kier alpha value is -7.30. The maximum atomic E-state index is 13.9. The first-order chi connectivity index (χ1) is 33.0.